The third-order valence-electron chi connectivity index (χ3n) is 5.70. The van der Waals surface area contributed by atoms with E-state index < -0.39 is 0 Å². The summed E-state index contributed by atoms with van der Waals surface area (Å²) in [6.45, 7) is 5.10. The van der Waals surface area contributed by atoms with E-state index in [4.69, 9.17) is 21.3 Å². The molecule has 8 nitrogen and oxygen atoms in total. The van der Waals surface area contributed by atoms with Crippen LogP contribution in [0.5, 0.6) is 5.88 Å². The predicted octanol–water partition coefficient (Wildman–Crippen LogP) is 2.83. The number of anilines is 3. The first-order valence-electron chi connectivity index (χ1n) is 11.1. The van der Waals surface area contributed by atoms with Crippen molar-refractivity contribution in [2.75, 3.05) is 56.7 Å². The monoisotopic (exact) mass is 496 g/mol. The van der Waals surface area contributed by atoms with Gasteiger partial charge < -0.3 is 20.1 Å². The van der Waals surface area contributed by atoms with Crippen LogP contribution in [0.25, 0.3) is 6.08 Å². The molecule has 0 atom stereocenters. The maximum Gasteiger partial charge on any atom is 0.231 e. The smallest absolute Gasteiger partial charge is 0.231 e. The number of hydrogen-bond acceptors (Lipinski definition) is 7. The summed E-state index contributed by atoms with van der Waals surface area (Å²) in [6.07, 6.45) is 1.91. The summed E-state index contributed by atoms with van der Waals surface area (Å²) in [4.78, 5) is 18.6. The quantitative estimate of drug-likeness (QED) is 0.546. The Kier molecular flexibility index (Phi) is 6.77. The molecule has 34 heavy (non-hydrogen) atoms. The average Bonchev–Trinajstić information content (AvgIpc) is 3.34. The van der Waals surface area contributed by atoms with Gasteiger partial charge in [0.05, 0.1) is 46.4 Å². The van der Waals surface area contributed by atoms with Crippen molar-refractivity contribution in [3.63, 3.8) is 0 Å². The molecule has 0 amide bonds. The zero-order chi connectivity index (χ0) is 23.5. The van der Waals surface area contributed by atoms with Crippen molar-refractivity contribution in [2.24, 2.45) is 9.98 Å². The number of guanidine groups is 1. The highest BCUT2D eigenvalue weighted by Crippen LogP contribution is 2.32. The van der Waals surface area contributed by atoms with Crippen LogP contribution >= 0.6 is 22.9 Å². The Hall–Kier alpha value is -2.98. The second-order valence-electron chi connectivity index (χ2n) is 8.01. The molecular weight excluding hydrogens is 472 g/mol. The van der Waals surface area contributed by atoms with E-state index in [1.165, 1.54) is 11.3 Å². The number of thiazole rings is 1. The third-order valence-corrected chi connectivity index (χ3v) is 6.94. The molecule has 176 valence electrons. The second kappa shape index (κ2) is 10.1. The van der Waals surface area contributed by atoms with Crippen molar-refractivity contribution in [1.82, 2.24) is 9.88 Å². The summed E-state index contributed by atoms with van der Waals surface area (Å²) in [7, 11) is 1.97. The van der Waals surface area contributed by atoms with E-state index in [0.29, 0.717) is 27.5 Å². The summed E-state index contributed by atoms with van der Waals surface area (Å²) in [5.74, 6) is 0.690. The van der Waals surface area contributed by atoms with Gasteiger partial charge in [-0.25, -0.2) is 9.98 Å². The van der Waals surface area contributed by atoms with Crippen LogP contribution in [0, 0.1) is 0 Å². The first-order chi connectivity index (χ1) is 16.6. The standard InChI is InChI=1S/C24H25ClN6O2S/c1-30-20-14-16(6-7-19(20)27-23(30)26-8-9-31-10-12-33-13-11-31)15-21-22(32)29-24(34-21)28-18-5-3-2-4-17(18)25/h2-7,14-15,32H,8-13H2,1H3,(H,28,29). The number of rotatable bonds is 6. The molecule has 0 unspecified atom stereocenters. The molecule has 1 saturated heterocycles. The normalized spacial score (nSPS) is 17.8. The number of fused-ring (bicyclic) bond motifs is 1. The molecule has 1 aromatic heterocycles. The molecule has 3 aromatic rings. The van der Waals surface area contributed by atoms with Gasteiger partial charge in [-0.15, -0.1) is 0 Å². The summed E-state index contributed by atoms with van der Waals surface area (Å²) in [6, 6.07) is 13.4. The summed E-state index contributed by atoms with van der Waals surface area (Å²) < 4.78 is 5.40. The van der Waals surface area contributed by atoms with Gasteiger partial charge in [-0.05, 0) is 35.6 Å². The van der Waals surface area contributed by atoms with Crippen LogP contribution in [0.2, 0.25) is 5.02 Å². The molecular formula is C24H25ClN6O2S. The van der Waals surface area contributed by atoms with E-state index in [9.17, 15) is 5.11 Å². The Balaban J connectivity index is 1.31. The molecule has 0 aliphatic carbocycles. The Morgan fingerprint density at radius 3 is 2.88 bits per heavy atom. The molecule has 3 heterocycles. The fraction of sp³-hybridized carbons (Fsp3) is 0.292. The number of aromatic nitrogens is 1. The highest BCUT2D eigenvalue weighted by molar-refractivity contribution is 7.16. The average molecular weight is 497 g/mol. The van der Waals surface area contributed by atoms with Crippen molar-refractivity contribution in [2.45, 2.75) is 0 Å². The Labute approximate surface area is 206 Å². The lowest BCUT2D eigenvalue weighted by molar-refractivity contribution is 0.0394. The van der Waals surface area contributed by atoms with Crippen LogP contribution in [-0.2, 0) is 4.74 Å². The van der Waals surface area contributed by atoms with Gasteiger partial charge in [-0.2, -0.15) is 4.98 Å². The molecule has 2 aliphatic heterocycles. The minimum absolute atomic E-state index is 0.0246. The predicted molar refractivity (Wildman–Crippen MR) is 137 cm³/mol. The molecule has 2 N–H and O–H groups in total. The van der Waals surface area contributed by atoms with Crippen molar-refractivity contribution >= 4 is 51.5 Å². The van der Waals surface area contributed by atoms with Crippen molar-refractivity contribution < 1.29 is 9.84 Å². The van der Waals surface area contributed by atoms with Gasteiger partial charge in [0.2, 0.25) is 11.8 Å². The van der Waals surface area contributed by atoms with Gasteiger partial charge >= 0.3 is 0 Å². The Morgan fingerprint density at radius 2 is 2.06 bits per heavy atom. The Bertz CT molecular complexity index is 1340. The van der Waals surface area contributed by atoms with Crippen molar-refractivity contribution in [1.29, 1.82) is 0 Å². The van der Waals surface area contributed by atoms with Crippen LogP contribution in [-0.4, -0.2) is 67.4 Å². The Morgan fingerprint density at radius 1 is 1.24 bits per heavy atom. The van der Waals surface area contributed by atoms with Crippen LogP contribution in [0.1, 0.15) is 4.88 Å². The van der Waals surface area contributed by atoms with Crippen LogP contribution in [0.4, 0.5) is 16.5 Å². The van der Waals surface area contributed by atoms with Gasteiger partial charge in [-0.3, -0.25) is 4.90 Å². The summed E-state index contributed by atoms with van der Waals surface area (Å²) >= 11 is 7.57. The number of benzene rings is 2. The maximum absolute atomic E-state index is 10.4. The number of aromatic hydroxyl groups is 1. The minimum Gasteiger partial charge on any atom is -0.492 e. The highest BCUT2D eigenvalue weighted by atomic mass is 35.5. The largest absolute Gasteiger partial charge is 0.492 e. The minimum atomic E-state index is -0.0246. The SMILES string of the molecule is CN1C(=NCCN2CCOCC2)N=c2ccc(=Cc3sc(Nc4ccccc4Cl)nc3O)cc21. The number of nitrogens with zero attached hydrogens (tertiary/aromatic N) is 5. The fourth-order valence-corrected chi connectivity index (χ4v) is 4.86. The van der Waals surface area contributed by atoms with E-state index in [0.717, 1.165) is 54.8 Å². The van der Waals surface area contributed by atoms with Gasteiger partial charge in [0, 0.05) is 26.7 Å². The molecule has 0 bridgehead atoms. The summed E-state index contributed by atoms with van der Waals surface area (Å²) in [5.41, 5.74) is 1.72. The topological polar surface area (TPSA) is 85.6 Å². The van der Waals surface area contributed by atoms with Crippen LogP contribution < -0.4 is 20.8 Å². The molecule has 2 aliphatic rings. The molecule has 0 radical (unpaired) electrons. The van der Waals surface area contributed by atoms with Gasteiger partial charge in [0.25, 0.3) is 0 Å². The molecule has 5 rings (SSSR count). The zero-order valence-electron chi connectivity index (χ0n) is 18.7. The number of morpholine rings is 1. The lowest BCUT2D eigenvalue weighted by Crippen LogP contribution is -2.38. The van der Waals surface area contributed by atoms with Crippen molar-refractivity contribution in [3.8, 4) is 5.88 Å². The van der Waals surface area contributed by atoms with Gasteiger partial charge in [0.15, 0.2) is 5.13 Å². The van der Waals surface area contributed by atoms with E-state index in [1.54, 1.807) is 6.07 Å². The number of nitrogens with one attached hydrogen (secondary N) is 1. The lowest BCUT2D eigenvalue weighted by atomic mass is 10.2. The zero-order valence-corrected chi connectivity index (χ0v) is 20.3. The molecule has 0 saturated carbocycles. The molecule has 1 fully saturated rings. The first kappa shape index (κ1) is 22.8. The van der Waals surface area contributed by atoms with Crippen LogP contribution in [0.3, 0.4) is 0 Å². The summed E-state index contributed by atoms with van der Waals surface area (Å²) in [5, 5.41) is 16.5. The number of para-hydroxylation sites is 1. The number of halogens is 1. The molecule has 2 aromatic carbocycles. The van der Waals surface area contributed by atoms with Crippen molar-refractivity contribution in [3.05, 3.63) is 62.9 Å². The second-order valence-corrected chi connectivity index (χ2v) is 9.45. The molecule has 0 spiro atoms. The van der Waals surface area contributed by atoms with Crippen LogP contribution in [0.15, 0.2) is 52.4 Å². The van der Waals surface area contributed by atoms with E-state index in [1.807, 2.05) is 54.4 Å². The fourth-order valence-electron chi connectivity index (χ4n) is 3.84. The third kappa shape index (κ3) is 5.07. The lowest BCUT2D eigenvalue weighted by Gasteiger charge is -2.25. The van der Waals surface area contributed by atoms with E-state index in [2.05, 4.69) is 20.2 Å². The number of hydrogen-bond donors (Lipinski definition) is 2. The highest BCUT2D eigenvalue weighted by Gasteiger charge is 2.18. The van der Waals surface area contributed by atoms with E-state index in [-0.39, 0.29) is 5.88 Å². The first-order valence-corrected chi connectivity index (χ1v) is 12.3. The number of ether oxygens (including phenoxy) is 1. The van der Waals surface area contributed by atoms with Gasteiger partial charge in [-0.1, -0.05) is 41.1 Å². The molecule has 10 heteroatoms. The van der Waals surface area contributed by atoms with Gasteiger partial charge in [0.1, 0.15) is 0 Å². The van der Waals surface area contributed by atoms with E-state index >= 15 is 0 Å². The number of aliphatic imine (C=N–C) groups is 1. The maximum atomic E-state index is 10.4.